The van der Waals surface area contributed by atoms with Crippen molar-refractivity contribution in [1.82, 2.24) is 9.80 Å². The van der Waals surface area contributed by atoms with Gasteiger partial charge in [0.1, 0.15) is 5.76 Å². The van der Waals surface area contributed by atoms with E-state index in [9.17, 15) is 4.79 Å². The summed E-state index contributed by atoms with van der Waals surface area (Å²) in [5.41, 5.74) is 0.855. The van der Waals surface area contributed by atoms with E-state index < -0.39 is 0 Å². The number of piperazine rings is 1. The summed E-state index contributed by atoms with van der Waals surface area (Å²) >= 11 is 1.70. The van der Waals surface area contributed by atoms with E-state index in [1.165, 1.54) is 4.88 Å². The molecule has 2 aromatic rings. The molecule has 1 fully saturated rings. The van der Waals surface area contributed by atoms with Crippen molar-refractivity contribution in [3.05, 3.63) is 46.0 Å². The largest absolute Gasteiger partial charge is 0.468 e. The van der Waals surface area contributed by atoms with Crippen molar-refractivity contribution in [3.63, 3.8) is 0 Å². The Morgan fingerprint density at radius 2 is 2.14 bits per heavy atom. The fourth-order valence-corrected chi connectivity index (χ4v) is 3.75. The molecule has 3 rings (SSSR count). The van der Waals surface area contributed by atoms with Crippen LogP contribution in [0.2, 0.25) is 0 Å². The first-order chi connectivity index (χ1) is 10.8. The van der Waals surface area contributed by atoms with Gasteiger partial charge in [0.2, 0.25) is 0 Å². The maximum absolute atomic E-state index is 12.5. The van der Waals surface area contributed by atoms with E-state index in [1.54, 1.807) is 17.6 Å². The van der Waals surface area contributed by atoms with Gasteiger partial charge in [0, 0.05) is 36.4 Å². The molecule has 0 atom stereocenters. The average molecular weight is 318 g/mol. The lowest BCUT2D eigenvalue weighted by Crippen LogP contribution is -2.48. The fourth-order valence-electron chi connectivity index (χ4n) is 2.78. The Bertz CT molecular complexity index is 598. The van der Waals surface area contributed by atoms with E-state index in [0.717, 1.165) is 56.9 Å². The van der Waals surface area contributed by atoms with Crippen LogP contribution in [0.3, 0.4) is 0 Å². The molecule has 0 N–H and O–H groups in total. The Labute approximate surface area is 135 Å². The van der Waals surface area contributed by atoms with Gasteiger partial charge in [-0.3, -0.25) is 9.69 Å². The molecule has 0 aromatic carbocycles. The summed E-state index contributed by atoms with van der Waals surface area (Å²) in [6.07, 6.45) is 3.90. The average Bonchev–Trinajstić information content (AvgIpc) is 3.20. The van der Waals surface area contributed by atoms with Gasteiger partial charge in [-0.25, -0.2) is 0 Å². The number of hydrogen-bond acceptors (Lipinski definition) is 4. The molecule has 0 aliphatic carbocycles. The molecular weight excluding hydrogens is 296 g/mol. The highest BCUT2D eigenvalue weighted by molar-refractivity contribution is 7.10. The van der Waals surface area contributed by atoms with Gasteiger partial charge in [-0.05, 0) is 24.6 Å². The minimum atomic E-state index is 0.177. The number of aryl methyl sites for hydroxylation is 1. The summed E-state index contributed by atoms with van der Waals surface area (Å²) in [6, 6.07) is 5.98. The Kier molecular flexibility index (Phi) is 4.95. The van der Waals surface area contributed by atoms with Crippen LogP contribution in [0.1, 0.15) is 34.3 Å². The molecule has 0 bridgehead atoms. The lowest BCUT2D eigenvalue weighted by atomic mass is 10.2. The number of nitrogens with zero attached hydrogens (tertiary/aromatic N) is 2. The second-order valence-electron chi connectivity index (χ2n) is 5.70. The van der Waals surface area contributed by atoms with E-state index in [1.807, 2.05) is 22.4 Å². The maximum Gasteiger partial charge on any atom is 0.254 e. The van der Waals surface area contributed by atoms with Gasteiger partial charge >= 0.3 is 0 Å². The molecule has 0 saturated carbocycles. The Balaban J connectivity index is 1.52. The highest BCUT2D eigenvalue weighted by Crippen LogP contribution is 2.19. The maximum atomic E-state index is 12.5. The molecule has 118 valence electrons. The third kappa shape index (κ3) is 3.59. The second kappa shape index (κ2) is 7.11. The molecule has 0 spiro atoms. The zero-order valence-electron chi connectivity index (χ0n) is 13.0. The minimum Gasteiger partial charge on any atom is -0.468 e. The molecule has 1 saturated heterocycles. The van der Waals surface area contributed by atoms with Gasteiger partial charge in [-0.1, -0.05) is 13.3 Å². The first-order valence-corrected chi connectivity index (χ1v) is 8.75. The quantitative estimate of drug-likeness (QED) is 0.849. The van der Waals surface area contributed by atoms with Crippen LogP contribution < -0.4 is 0 Å². The minimum absolute atomic E-state index is 0.177. The zero-order chi connectivity index (χ0) is 15.4. The van der Waals surface area contributed by atoms with Crippen LogP contribution in [0.15, 0.2) is 34.3 Å². The molecule has 4 nitrogen and oxygen atoms in total. The van der Waals surface area contributed by atoms with E-state index in [4.69, 9.17) is 4.42 Å². The van der Waals surface area contributed by atoms with E-state index in [-0.39, 0.29) is 5.91 Å². The molecule has 5 heteroatoms. The van der Waals surface area contributed by atoms with Crippen molar-refractivity contribution < 1.29 is 9.21 Å². The van der Waals surface area contributed by atoms with Crippen molar-refractivity contribution in [2.75, 3.05) is 26.2 Å². The first kappa shape index (κ1) is 15.3. The van der Waals surface area contributed by atoms with Crippen LogP contribution in [0.25, 0.3) is 0 Å². The summed E-state index contributed by atoms with van der Waals surface area (Å²) in [7, 11) is 0. The van der Waals surface area contributed by atoms with Crippen LogP contribution in [-0.2, 0) is 13.0 Å². The molecular formula is C17H22N2O2S. The highest BCUT2D eigenvalue weighted by Gasteiger charge is 2.23. The summed E-state index contributed by atoms with van der Waals surface area (Å²) in [4.78, 5) is 18.1. The Morgan fingerprint density at radius 3 is 2.82 bits per heavy atom. The van der Waals surface area contributed by atoms with Crippen molar-refractivity contribution in [3.8, 4) is 0 Å². The molecule has 1 aliphatic rings. The zero-order valence-corrected chi connectivity index (χ0v) is 13.8. The van der Waals surface area contributed by atoms with Gasteiger partial charge in [-0.15, -0.1) is 11.3 Å². The fraction of sp³-hybridized carbons (Fsp3) is 0.471. The predicted octanol–water partition coefficient (Wildman–Crippen LogP) is 3.25. The third-order valence-corrected chi connectivity index (χ3v) is 5.01. The molecule has 1 amide bonds. The highest BCUT2D eigenvalue weighted by atomic mass is 32.1. The molecule has 0 radical (unpaired) electrons. The van der Waals surface area contributed by atoms with Gasteiger partial charge in [-0.2, -0.15) is 0 Å². The number of carbonyl (C=O) groups excluding carboxylic acids is 1. The van der Waals surface area contributed by atoms with Gasteiger partial charge in [0.15, 0.2) is 0 Å². The van der Waals surface area contributed by atoms with Crippen molar-refractivity contribution in [1.29, 1.82) is 0 Å². The van der Waals surface area contributed by atoms with Crippen LogP contribution >= 0.6 is 11.3 Å². The van der Waals surface area contributed by atoms with Crippen LogP contribution in [0, 0.1) is 0 Å². The molecule has 3 heterocycles. The number of carbonyl (C=O) groups is 1. The standard InChI is InChI=1S/C17H22N2O2S/c1-2-4-16-11-14(13-22-16)17(20)19-8-6-18(7-9-19)12-15-5-3-10-21-15/h3,5,10-11,13H,2,4,6-9,12H2,1H3. The predicted molar refractivity (Wildman–Crippen MR) is 88.2 cm³/mol. The summed E-state index contributed by atoms with van der Waals surface area (Å²) < 4.78 is 5.38. The Morgan fingerprint density at radius 1 is 1.32 bits per heavy atom. The van der Waals surface area contributed by atoms with Crippen molar-refractivity contribution >= 4 is 17.2 Å². The third-order valence-electron chi connectivity index (χ3n) is 4.02. The van der Waals surface area contributed by atoms with E-state index in [0.29, 0.717) is 0 Å². The molecule has 0 unspecified atom stereocenters. The van der Waals surface area contributed by atoms with Gasteiger partial charge in [0.25, 0.3) is 5.91 Å². The van der Waals surface area contributed by atoms with Gasteiger partial charge < -0.3 is 9.32 Å². The van der Waals surface area contributed by atoms with Gasteiger partial charge in [0.05, 0.1) is 18.4 Å². The summed E-state index contributed by atoms with van der Waals surface area (Å²) in [6.45, 7) is 6.38. The van der Waals surface area contributed by atoms with Crippen LogP contribution in [0.5, 0.6) is 0 Å². The number of thiophene rings is 1. The van der Waals surface area contributed by atoms with Crippen LogP contribution in [-0.4, -0.2) is 41.9 Å². The van der Waals surface area contributed by atoms with E-state index in [2.05, 4.69) is 17.9 Å². The molecule has 2 aromatic heterocycles. The Hall–Kier alpha value is -1.59. The number of furan rings is 1. The molecule has 22 heavy (non-hydrogen) atoms. The lowest BCUT2D eigenvalue weighted by Gasteiger charge is -2.34. The summed E-state index contributed by atoms with van der Waals surface area (Å²) in [5.74, 6) is 1.16. The second-order valence-corrected chi connectivity index (χ2v) is 6.70. The molecule has 1 aliphatic heterocycles. The number of hydrogen-bond donors (Lipinski definition) is 0. The monoisotopic (exact) mass is 318 g/mol. The van der Waals surface area contributed by atoms with Crippen LogP contribution in [0.4, 0.5) is 0 Å². The van der Waals surface area contributed by atoms with Crippen molar-refractivity contribution in [2.45, 2.75) is 26.3 Å². The SMILES string of the molecule is CCCc1cc(C(=O)N2CCN(Cc3ccco3)CC2)cs1. The van der Waals surface area contributed by atoms with Crippen molar-refractivity contribution in [2.24, 2.45) is 0 Å². The number of amides is 1. The first-order valence-electron chi connectivity index (χ1n) is 7.87. The smallest absolute Gasteiger partial charge is 0.254 e. The number of rotatable bonds is 5. The summed E-state index contributed by atoms with van der Waals surface area (Å²) in [5, 5.41) is 2.00. The topological polar surface area (TPSA) is 36.7 Å². The normalized spacial score (nSPS) is 16.1. The van der Waals surface area contributed by atoms with E-state index >= 15 is 0 Å². The lowest BCUT2D eigenvalue weighted by molar-refractivity contribution is 0.0621.